The maximum atomic E-state index is 13.5. The third-order valence-corrected chi connectivity index (χ3v) is 7.08. The summed E-state index contributed by atoms with van der Waals surface area (Å²) in [5.74, 6) is -1.28. The first-order valence-corrected chi connectivity index (χ1v) is 13.7. The fraction of sp³-hybridized carbons (Fsp3) is 0.417. The summed E-state index contributed by atoms with van der Waals surface area (Å²) in [7, 11) is -3.89. The Hall–Kier alpha value is -2.36. The maximum absolute atomic E-state index is 13.5. The highest BCUT2D eigenvalue weighted by Gasteiger charge is 2.31. The highest BCUT2D eigenvalue weighted by Crippen LogP contribution is 2.25. The summed E-state index contributed by atoms with van der Waals surface area (Å²) in [6.45, 7) is 5.53. The Bertz CT molecular complexity index is 1140. The summed E-state index contributed by atoms with van der Waals surface area (Å²) < 4.78 is 39.3. The van der Waals surface area contributed by atoms with Crippen LogP contribution < -0.4 is 9.62 Å². The van der Waals surface area contributed by atoms with Crippen molar-refractivity contribution in [2.24, 2.45) is 5.92 Å². The third-order valence-electron chi connectivity index (χ3n) is 5.20. The highest BCUT2D eigenvalue weighted by atomic mass is 35.5. The first-order chi connectivity index (χ1) is 16.3. The van der Waals surface area contributed by atoms with Crippen LogP contribution in [0.3, 0.4) is 0 Å². The largest absolute Gasteiger partial charge is 0.354 e. The van der Waals surface area contributed by atoms with E-state index in [9.17, 15) is 22.4 Å². The number of benzene rings is 2. The molecule has 1 atom stereocenters. The summed E-state index contributed by atoms with van der Waals surface area (Å²) in [6.07, 6.45) is 1.26. The maximum Gasteiger partial charge on any atom is 0.244 e. The first kappa shape index (κ1) is 28.9. The summed E-state index contributed by atoms with van der Waals surface area (Å²) in [4.78, 5) is 27.9. The second-order valence-corrected chi connectivity index (χ2v) is 11.3. The fourth-order valence-electron chi connectivity index (χ4n) is 3.40. The lowest BCUT2D eigenvalue weighted by Crippen LogP contribution is -2.52. The molecule has 0 aliphatic carbocycles. The number of amides is 2. The summed E-state index contributed by atoms with van der Waals surface area (Å²) in [6, 6.07) is 8.78. The lowest BCUT2D eigenvalue weighted by molar-refractivity contribution is -0.140. The molecule has 11 heteroatoms. The minimum Gasteiger partial charge on any atom is -0.354 e. The number of carbonyl (C=O) groups excluding carboxylic acids is 2. The molecule has 0 aliphatic heterocycles. The van der Waals surface area contributed by atoms with Crippen molar-refractivity contribution in [1.29, 1.82) is 0 Å². The van der Waals surface area contributed by atoms with Crippen LogP contribution in [0.5, 0.6) is 0 Å². The van der Waals surface area contributed by atoms with E-state index in [1.54, 1.807) is 25.1 Å². The number of sulfonamides is 1. The van der Waals surface area contributed by atoms with Gasteiger partial charge in [0.25, 0.3) is 0 Å². The Morgan fingerprint density at radius 3 is 2.20 bits per heavy atom. The van der Waals surface area contributed by atoms with Crippen molar-refractivity contribution in [2.45, 2.75) is 39.8 Å². The van der Waals surface area contributed by atoms with Crippen LogP contribution in [0.4, 0.5) is 10.1 Å². The minimum absolute atomic E-state index is 0.00431. The summed E-state index contributed by atoms with van der Waals surface area (Å²) in [5, 5.41) is 3.47. The Kier molecular flexibility index (Phi) is 10.4. The SMILES string of the molecule is CC[C@H](C(=O)NCC(C)C)N(Cc1ccc(Cl)c(Cl)c1)C(=O)CN(c1ccc(F)cc1)S(C)(=O)=O. The molecule has 35 heavy (non-hydrogen) atoms. The van der Waals surface area contributed by atoms with Crippen LogP contribution in [0.2, 0.25) is 10.0 Å². The Morgan fingerprint density at radius 2 is 1.69 bits per heavy atom. The van der Waals surface area contributed by atoms with E-state index in [4.69, 9.17) is 23.2 Å². The fourth-order valence-corrected chi connectivity index (χ4v) is 4.57. The molecule has 2 aromatic rings. The smallest absolute Gasteiger partial charge is 0.244 e. The zero-order valence-electron chi connectivity index (χ0n) is 20.1. The predicted octanol–water partition coefficient (Wildman–Crippen LogP) is 4.48. The van der Waals surface area contributed by atoms with E-state index < -0.39 is 34.3 Å². The Balaban J connectivity index is 2.43. The van der Waals surface area contributed by atoms with E-state index in [-0.39, 0.29) is 29.1 Å². The summed E-state index contributed by atoms with van der Waals surface area (Å²) >= 11 is 12.2. The van der Waals surface area contributed by atoms with Gasteiger partial charge in [0.05, 0.1) is 22.0 Å². The predicted molar refractivity (Wildman–Crippen MR) is 138 cm³/mol. The van der Waals surface area contributed by atoms with Crippen molar-refractivity contribution < 1.29 is 22.4 Å². The number of halogens is 3. The van der Waals surface area contributed by atoms with E-state index >= 15 is 0 Å². The molecule has 7 nitrogen and oxygen atoms in total. The van der Waals surface area contributed by atoms with Crippen LogP contribution in [-0.4, -0.2) is 50.5 Å². The van der Waals surface area contributed by atoms with Crippen LogP contribution >= 0.6 is 23.2 Å². The molecule has 192 valence electrons. The van der Waals surface area contributed by atoms with Gasteiger partial charge in [-0.25, -0.2) is 12.8 Å². The van der Waals surface area contributed by atoms with Crippen molar-refractivity contribution in [3.8, 4) is 0 Å². The van der Waals surface area contributed by atoms with Crippen molar-refractivity contribution in [2.75, 3.05) is 23.7 Å². The second kappa shape index (κ2) is 12.6. The van der Waals surface area contributed by atoms with Gasteiger partial charge < -0.3 is 10.2 Å². The van der Waals surface area contributed by atoms with Gasteiger partial charge >= 0.3 is 0 Å². The van der Waals surface area contributed by atoms with Gasteiger partial charge in [-0.2, -0.15) is 0 Å². The average Bonchev–Trinajstić information content (AvgIpc) is 2.78. The molecule has 0 unspecified atom stereocenters. The van der Waals surface area contributed by atoms with Gasteiger partial charge in [0.15, 0.2) is 0 Å². The van der Waals surface area contributed by atoms with E-state index in [0.717, 1.165) is 22.7 Å². The average molecular weight is 546 g/mol. The molecule has 0 radical (unpaired) electrons. The standard InChI is InChI=1S/C24H30Cl2FN3O4S/c1-5-22(24(32)28-13-16(2)3)29(14-17-6-11-20(25)21(26)12-17)23(31)15-30(35(4,33)34)19-9-7-18(27)8-10-19/h6-12,16,22H,5,13-15H2,1-4H3,(H,28,32)/t22-/m1/s1. The molecule has 2 amide bonds. The molecule has 0 saturated carbocycles. The van der Waals surface area contributed by atoms with Crippen LogP contribution in [0.25, 0.3) is 0 Å². The molecule has 0 bridgehead atoms. The van der Waals surface area contributed by atoms with E-state index in [2.05, 4.69) is 5.32 Å². The molecule has 0 fully saturated rings. The van der Waals surface area contributed by atoms with E-state index in [0.29, 0.717) is 23.6 Å². The van der Waals surface area contributed by atoms with Gasteiger partial charge in [-0.15, -0.1) is 0 Å². The monoisotopic (exact) mass is 545 g/mol. The van der Waals surface area contributed by atoms with Gasteiger partial charge in [0.2, 0.25) is 21.8 Å². The lowest BCUT2D eigenvalue weighted by atomic mass is 10.1. The summed E-state index contributed by atoms with van der Waals surface area (Å²) in [5.41, 5.74) is 0.754. The van der Waals surface area contributed by atoms with Crippen molar-refractivity contribution in [1.82, 2.24) is 10.2 Å². The Labute approximate surface area is 216 Å². The number of rotatable bonds is 11. The molecular weight excluding hydrogens is 516 g/mol. The molecule has 1 N–H and O–H groups in total. The number of anilines is 1. The topological polar surface area (TPSA) is 86.8 Å². The number of nitrogens with one attached hydrogen (secondary N) is 1. The zero-order valence-corrected chi connectivity index (χ0v) is 22.4. The number of nitrogens with zero attached hydrogens (tertiary/aromatic N) is 2. The van der Waals surface area contributed by atoms with Gasteiger partial charge in [-0.3, -0.25) is 13.9 Å². The molecule has 0 spiro atoms. The third kappa shape index (κ3) is 8.37. The van der Waals surface area contributed by atoms with Crippen LogP contribution in [0.15, 0.2) is 42.5 Å². The van der Waals surface area contributed by atoms with E-state index in [1.807, 2.05) is 13.8 Å². The highest BCUT2D eigenvalue weighted by molar-refractivity contribution is 7.92. The molecule has 2 aromatic carbocycles. The van der Waals surface area contributed by atoms with Gasteiger partial charge in [0.1, 0.15) is 18.4 Å². The van der Waals surface area contributed by atoms with Crippen molar-refractivity contribution in [3.05, 3.63) is 63.9 Å². The van der Waals surface area contributed by atoms with E-state index in [1.165, 1.54) is 17.0 Å². The molecular formula is C24H30Cl2FN3O4S. The van der Waals surface area contributed by atoms with Gasteiger partial charge in [-0.05, 0) is 54.3 Å². The molecule has 0 aromatic heterocycles. The quantitative estimate of drug-likeness (QED) is 0.451. The Morgan fingerprint density at radius 1 is 1.06 bits per heavy atom. The molecule has 0 saturated heterocycles. The molecule has 0 heterocycles. The van der Waals surface area contributed by atoms with Crippen molar-refractivity contribution in [3.63, 3.8) is 0 Å². The number of hydrogen-bond acceptors (Lipinski definition) is 4. The second-order valence-electron chi connectivity index (χ2n) is 8.58. The molecule has 2 rings (SSSR count). The van der Waals surface area contributed by atoms with Crippen LogP contribution in [0, 0.1) is 11.7 Å². The van der Waals surface area contributed by atoms with Gasteiger partial charge in [0, 0.05) is 13.1 Å². The lowest BCUT2D eigenvalue weighted by Gasteiger charge is -2.33. The number of carbonyl (C=O) groups is 2. The van der Waals surface area contributed by atoms with Crippen LogP contribution in [-0.2, 0) is 26.2 Å². The molecule has 0 aliphatic rings. The normalized spacial score (nSPS) is 12.3. The van der Waals surface area contributed by atoms with Crippen molar-refractivity contribution >= 4 is 50.7 Å². The first-order valence-electron chi connectivity index (χ1n) is 11.1. The minimum atomic E-state index is -3.89. The van der Waals surface area contributed by atoms with Gasteiger partial charge in [-0.1, -0.05) is 50.0 Å². The number of hydrogen-bond donors (Lipinski definition) is 1. The van der Waals surface area contributed by atoms with Crippen LogP contribution in [0.1, 0.15) is 32.8 Å². The zero-order chi connectivity index (χ0) is 26.3.